The van der Waals surface area contributed by atoms with Crippen molar-refractivity contribution in [1.29, 1.82) is 0 Å². The van der Waals surface area contributed by atoms with Crippen LogP contribution in [0.15, 0.2) is 47.0 Å². The maximum Gasteiger partial charge on any atom is 0.387 e. The molecule has 3 heterocycles. The Bertz CT molecular complexity index is 1410. The summed E-state index contributed by atoms with van der Waals surface area (Å²) in [4.78, 5) is 30.1. The number of carbonyl (C=O) groups is 2. The fourth-order valence-corrected chi connectivity index (χ4v) is 3.71. The number of fused-ring (bicyclic) bond motifs is 1. The lowest BCUT2D eigenvalue weighted by molar-refractivity contribution is -0.119. The zero-order valence-electron chi connectivity index (χ0n) is 20.0. The second-order valence-electron chi connectivity index (χ2n) is 8.33. The van der Waals surface area contributed by atoms with Crippen LogP contribution in [0, 0.1) is 13.8 Å². The van der Waals surface area contributed by atoms with Gasteiger partial charge in [0, 0.05) is 17.3 Å². The summed E-state index contributed by atoms with van der Waals surface area (Å²) in [7, 11) is 0. The Kier molecular flexibility index (Phi) is 7.00. The lowest BCUT2D eigenvalue weighted by atomic mass is 10.1. The number of halogens is 2. The van der Waals surface area contributed by atoms with Gasteiger partial charge in [0.25, 0.3) is 5.91 Å². The standard InChI is InChI=1S/C25H24F2N4O5/c1-13(2)31-23-20(11-28-31)19(10-21(30-23)18-9-14(3)35-15(18)4)24(33)34-12-22(32)29-16-5-7-17(8-6-16)36-25(26)27/h5-11,13,25H,12H2,1-4H3,(H,29,32). The van der Waals surface area contributed by atoms with Gasteiger partial charge in [0.1, 0.15) is 17.3 Å². The maximum absolute atomic E-state index is 13.0. The smallest absolute Gasteiger partial charge is 0.387 e. The molecule has 0 aliphatic carbocycles. The summed E-state index contributed by atoms with van der Waals surface area (Å²) in [6, 6.07) is 8.78. The molecular formula is C25H24F2N4O5. The summed E-state index contributed by atoms with van der Waals surface area (Å²) >= 11 is 0. The van der Waals surface area contributed by atoms with E-state index in [1.807, 2.05) is 33.8 Å². The van der Waals surface area contributed by atoms with Gasteiger partial charge >= 0.3 is 12.6 Å². The van der Waals surface area contributed by atoms with E-state index in [-0.39, 0.29) is 17.4 Å². The molecule has 9 nitrogen and oxygen atoms in total. The van der Waals surface area contributed by atoms with Crippen LogP contribution < -0.4 is 10.1 Å². The molecule has 1 aromatic carbocycles. The minimum absolute atomic E-state index is 0.00966. The van der Waals surface area contributed by atoms with E-state index < -0.39 is 25.1 Å². The van der Waals surface area contributed by atoms with Gasteiger partial charge < -0.3 is 19.2 Å². The topological polar surface area (TPSA) is 108 Å². The molecular weight excluding hydrogens is 474 g/mol. The van der Waals surface area contributed by atoms with Crippen molar-refractivity contribution < 1.29 is 32.3 Å². The number of amides is 1. The second-order valence-corrected chi connectivity index (χ2v) is 8.33. The molecule has 0 aliphatic heterocycles. The van der Waals surface area contributed by atoms with Gasteiger partial charge in [0.05, 0.1) is 22.8 Å². The second kappa shape index (κ2) is 10.1. The summed E-state index contributed by atoms with van der Waals surface area (Å²) in [5.41, 5.74) is 2.29. The van der Waals surface area contributed by atoms with Crippen molar-refractivity contribution in [3.05, 3.63) is 59.7 Å². The lowest BCUT2D eigenvalue weighted by Crippen LogP contribution is -2.21. The minimum atomic E-state index is -2.95. The van der Waals surface area contributed by atoms with Crippen LogP contribution >= 0.6 is 0 Å². The van der Waals surface area contributed by atoms with Crippen LogP contribution in [0.4, 0.5) is 14.5 Å². The molecule has 188 valence electrons. The zero-order chi connectivity index (χ0) is 26.0. The number of hydrogen-bond donors (Lipinski definition) is 1. The number of anilines is 1. The average Bonchev–Trinajstić information content (AvgIpc) is 3.40. The third kappa shape index (κ3) is 5.35. The predicted octanol–water partition coefficient (Wildman–Crippen LogP) is 5.29. The van der Waals surface area contributed by atoms with E-state index in [9.17, 15) is 18.4 Å². The molecule has 3 aromatic heterocycles. The van der Waals surface area contributed by atoms with Crippen LogP contribution in [-0.2, 0) is 9.53 Å². The van der Waals surface area contributed by atoms with E-state index in [1.165, 1.54) is 24.3 Å². The van der Waals surface area contributed by atoms with Gasteiger partial charge in [-0.15, -0.1) is 0 Å². The van der Waals surface area contributed by atoms with Crippen LogP contribution in [0.25, 0.3) is 22.3 Å². The van der Waals surface area contributed by atoms with E-state index in [2.05, 4.69) is 15.2 Å². The molecule has 1 amide bonds. The third-order valence-corrected chi connectivity index (χ3v) is 5.29. The molecule has 0 radical (unpaired) electrons. The number of nitrogens with zero attached hydrogens (tertiary/aromatic N) is 3. The van der Waals surface area contributed by atoms with Crippen molar-refractivity contribution in [2.75, 3.05) is 11.9 Å². The highest BCUT2D eigenvalue weighted by molar-refractivity contribution is 6.05. The molecule has 36 heavy (non-hydrogen) atoms. The Hall–Kier alpha value is -4.28. The Morgan fingerprint density at radius 2 is 1.86 bits per heavy atom. The quantitative estimate of drug-likeness (QED) is 0.329. The summed E-state index contributed by atoms with van der Waals surface area (Å²) in [5.74, 6) is -0.0110. The number of furan rings is 1. The summed E-state index contributed by atoms with van der Waals surface area (Å²) in [6.07, 6.45) is 1.54. The van der Waals surface area contributed by atoms with E-state index >= 15 is 0 Å². The molecule has 0 saturated carbocycles. The number of aromatic nitrogens is 3. The highest BCUT2D eigenvalue weighted by Gasteiger charge is 2.22. The first-order valence-corrected chi connectivity index (χ1v) is 11.1. The third-order valence-electron chi connectivity index (χ3n) is 5.29. The van der Waals surface area contributed by atoms with Crippen molar-refractivity contribution in [3.63, 3.8) is 0 Å². The number of hydrogen-bond acceptors (Lipinski definition) is 7. The van der Waals surface area contributed by atoms with Gasteiger partial charge in [-0.25, -0.2) is 14.5 Å². The largest absolute Gasteiger partial charge is 0.466 e. The average molecular weight is 498 g/mol. The molecule has 11 heteroatoms. The minimum Gasteiger partial charge on any atom is -0.466 e. The van der Waals surface area contributed by atoms with E-state index in [0.717, 1.165) is 5.56 Å². The van der Waals surface area contributed by atoms with Crippen molar-refractivity contribution in [1.82, 2.24) is 14.8 Å². The summed E-state index contributed by atoms with van der Waals surface area (Å²) in [5, 5.41) is 7.39. The van der Waals surface area contributed by atoms with Gasteiger partial charge in [-0.3, -0.25) is 4.79 Å². The Labute approximate surface area is 205 Å². The predicted molar refractivity (Wildman–Crippen MR) is 127 cm³/mol. The first kappa shape index (κ1) is 24.8. The van der Waals surface area contributed by atoms with Crippen molar-refractivity contribution in [2.24, 2.45) is 0 Å². The number of aryl methyl sites for hydroxylation is 2. The molecule has 0 unspecified atom stereocenters. The van der Waals surface area contributed by atoms with Crippen LogP contribution in [0.5, 0.6) is 5.75 Å². The van der Waals surface area contributed by atoms with Crippen LogP contribution in [0.3, 0.4) is 0 Å². The van der Waals surface area contributed by atoms with Crippen LogP contribution in [-0.4, -0.2) is 39.9 Å². The van der Waals surface area contributed by atoms with E-state index in [0.29, 0.717) is 33.9 Å². The number of ether oxygens (including phenoxy) is 2. The summed E-state index contributed by atoms with van der Waals surface area (Å²) in [6.45, 7) is 4.02. The maximum atomic E-state index is 13.0. The number of rotatable bonds is 8. The van der Waals surface area contributed by atoms with Crippen molar-refractivity contribution in [3.8, 4) is 17.0 Å². The Balaban J connectivity index is 1.54. The molecule has 0 fully saturated rings. The van der Waals surface area contributed by atoms with Gasteiger partial charge in [0.15, 0.2) is 12.3 Å². The van der Waals surface area contributed by atoms with E-state index in [1.54, 1.807) is 16.9 Å². The fraction of sp³-hybridized carbons (Fsp3) is 0.280. The SMILES string of the molecule is Cc1cc(-c2cc(C(=O)OCC(=O)Nc3ccc(OC(F)F)cc3)c3cnn(C(C)C)c3n2)c(C)o1. The van der Waals surface area contributed by atoms with Crippen molar-refractivity contribution in [2.45, 2.75) is 40.3 Å². The molecule has 1 N–H and O–H groups in total. The summed E-state index contributed by atoms with van der Waals surface area (Å²) < 4.78 is 41.4. The van der Waals surface area contributed by atoms with Gasteiger partial charge in [0.2, 0.25) is 0 Å². The van der Waals surface area contributed by atoms with Crippen LogP contribution in [0.1, 0.15) is 41.8 Å². The lowest BCUT2D eigenvalue weighted by Gasteiger charge is -2.11. The number of alkyl halides is 2. The van der Waals surface area contributed by atoms with E-state index in [4.69, 9.17) is 14.1 Å². The molecule has 4 aromatic rings. The fourth-order valence-electron chi connectivity index (χ4n) is 3.71. The number of pyridine rings is 1. The van der Waals surface area contributed by atoms with Gasteiger partial charge in [-0.1, -0.05) is 0 Å². The molecule has 0 atom stereocenters. The first-order chi connectivity index (χ1) is 17.1. The number of carbonyl (C=O) groups excluding carboxylic acids is 2. The highest BCUT2D eigenvalue weighted by Crippen LogP contribution is 2.30. The zero-order valence-corrected chi connectivity index (χ0v) is 20.0. The first-order valence-electron chi connectivity index (χ1n) is 11.1. The molecule has 0 spiro atoms. The van der Waals surface area contributed by atoms with Gasteiger partial charge in [-0.2, -0.15) is 13.9 Å². The number of nitrogens with one attached hydrogen (secondary N) is 1. The van der Waals surface area contributed by atoms with Crippen LogP contribution in [0.2, 0.25) is 0 Å². The normalized spacial score (nSPS) is 11.3. The Morgan fingerprint density at radius 3 is 2.47 bits per heavy atom. The monoisotopic (exact) mass is 498 g/mol. The molecule has 4 rings (SSSR count). The molecule has 0 bridgehead atoms. The number of benzene rings is 1. The Morgan fingerprint density at radius 1 is 1.14 bits per heavy atom. The van der Waals surface area contributed by atoms with Gasteiger partial charge in [-0.05, 0) is 64.1 Å². The number of esters is 1. The molecule has 0 saturated heterocycles. The van der Waals surface area contributed by atoms with Crippen molar-refractivity contribution >= 4 is 28.6 Å². The highest BCUT2D eigenvalue weighted by atomic mass is 19.3. The molecule has 0 aliphatic rings.